The van der Waals surface area contributed by atoms with Gasteiger partial charge in [-0.1, -0.05) is 109 Å². The second-order valence-corrected chi connectivity index (χ2v) is 14.4. The average Bonchev–Trinajstić information content (AvgIpc) is 3.94. The Morgan fingerprint density at radius 2 is 1.18 bits per heavy atom. The van der Waals surface area contributed by atoms with Crippen LogP contribution in [0.5, 0.6) is 0 Å². The van der Waals surface area contributed by atoms with Crippen molar-refractivity contribution in [2.24, 2.45) is 0 Å². The molecule has 51 heavy (non-hydrogen) atoms. The minimum absolute atomic E-state index is 0.0221. The van der Waals surface area contributed by atoms with Crippen LogP contribution in [0.25, 0.3) is 108 Å². The van der Waals surface area contributed by atoms with Crippen LogP contribution in [0.1, 0.15) is 8.22 Å². The van der Waals surface area contributed by atoms with E-state index in [-0.39, 0.29) is 75.1 Å². The van der Waals surface area contributed by atoms with Crippen LogP contribution in [0, 0.1) is 0 Å². The zero-order chi connectivity index (χ0) is 38.7. The number of benzene rings is 7. The molecule has 0 fully saturated rings. The summed E-state index contributed by atoms with van der Waals surface area (Å²) in [4.78, 5) is 14.7. The number of rotatable bonds is 4. The molecule has 0 N–H and O–H groups in total. The first-order valence-corrected chi connectivity index (χ1v) is 18.0. The van der Waals surface area contributed by atoms with Crippen molar-refractivity contribution in [3.05, 3.63) is 152 Å². The van der Waals surface area contributed by atoms with Crippen LogP contribution in [0.4, 0.5) is 0 Å². The number of nitrogens with zero attached hydrogens (tertiary/aromatic N) is 3. The molecule has 0 aliphatic carbocycles. The van der Waals surface area contributed by atoms with Crippen molar-refractivity contribution < 1.29 is 12.6 Å². The van der Waals surface area contributed by atoms with Crippen molar-refractivity contribution >= 4 is 85.0 Å². The summed E-state index contributed by atoms with van der Waals surface area (Å²) in [6, 6.07) is 35.8. The van der Waals surface area contributed by atoms with Crippen LogP contribution in [0.15, 0.2) is 156 Å². The van der Waals surface area contributed by atoms with Crippen molar-refractivity contribution in [2.75, 3.05) is 0 Å². The van der Waals surface area contributed by atoms with E-state index in [4.69, 9.17) is 23.5 Å². The van der Waals surface area contributed by atoms with Gasteiger partial charge in [0.2, 0.25) is 0 Å². The Morgan fingerprint density at radius 3 is 2.06 bits per heavy atom. The summed E-state index contributed by atoms with van der Waals surface area (Å²) < 4.78 is 66.2. The molecule has 7 aromatic carbocycles. The third-order valence-corrected chi connectivity index (χ3v) is 11.5. The van der Waals surface area contributed by atoms with Crippen LogP contribution in [0.3, 0.4) is 0 Å². The van der Waals surface area contributed by atoms with E-state index in [9.17, 15) is 4.11 Å². The topological polar surface area (TPSA) is 51.8 Å². The molecule has 0 aliphatic heterocycles. The first-order valence-electron chi connectivity index (χ1n) is 19.4. The number of para-hydroxylation sites is 1. The monoisotopic (exact) mass is 693 g/mol. The van der Waals surface area contributed by atoms with Gasteiger partial charge in [0.15, 0.2) is 17.5 Å². The second kappa shape index (κ2) is 11.2. The minimum Gasteiger partial charge on any atom is -0.455 e. The second-order valence-electron chi connectivity index (χ2n) is 12.3. The number of aromatic nitrogens is 3. The van der Waals surface area contributed by atoms with Gasteiger partial charge < -0.3 is 4.42 Å². The summed E-state index contributed by atoms with van der Waals surface area (Å²) in [5, 5.41) is 4.29. The molecule has 4 aromatic heterocycles. The number of thiophene rings is 2. The first kappa shape index (κ1) is 23.2. The van der Waals surface area contributed by atoms with E-state index < -0.39 is 0 Å². The van der Waals surface area contributed by atoms with E-state index in [1.165, 1.54) is 0 Å². The molecule has 0 saturated carbocycles. The molecule has 0 aliphatic rings. The molecule has 238 valence electrons. The fourth-order valence-electron chi connectivity index (χ4n) is 6.90. The number of hydrogen-bond donors (Lipinski definition) is 0. The fourth-order valence-corrected chi connectivity index (χ4v) is 9.12. The molecule has 0 atom stereocenters. The van der Waals surface area contributed by atoms with E-state index in [1.54, 1.807) is 22.7 Å². The summed E-state index contributed by atoms with van der Waals surface area (Å²) in [7, 11) is 0. The van der Waals surface area contributed by atoms with E-state index >= 15 is 0 Å². The summed E-state index contributed by atoms with van der Waals surface area (Å²) >= 11 is 3.34. The molecule has 0 amide bonds. The molecule has 4 nitrogen and oxygen atoms in total. The third kappa shape index (κ3) is 4.54. The van der Waals surface area contributed by atoms with Gasteiger partial charge in [-0.2, -0.15) is 0 Å². The molecule has 6 heteroatoms. The van der Waals surface area contributed by atoms with Gasteiger partial charge in [-0.15, -0.1) is 22.7 Å². The number of furan rings is 1. The molecule has 0 spiro atoms. The van der Waals surface area contributed by atoms with Gasteiger partial charge in [-0.3, -0.25) is 0 Å². The van der Waals surface area contributed by atoms with Gasteiger partial charge in [0, 0.05) is 73.4 Å². The average molecular weight is 694 g/mol. The van der Waals surface area contributed by atoms with Gasteiger partial charge in [-0.05, 0) is 48.0 Å². The number of hydrogen-bond acceptors (Lipinski definition) is 6. The van der Waals surface area contributed by atoms with Crippen LogP contribution < -0.4 is 0 Å². The maximum absolute atomic E-state index is 9.59. The Kier molecular flexibility index (Phi) is 5.08. The predicted molar refractivity (Wildman–Crippen MR) is 215 cm³/mol. The standard InChI is InChI=1S/C45H25N3OS2/c1-2-10-26(11-3-1)43-46-44(48-45(47-43)34-16-9-19-40-41(34)33-13-5-7-18-38(33)51-40)28-20-22-30-32-15-8-14-29(42(32)49-36(30)25-28)27-21-23-39-35(24-27)31-12-4-6-17-37(31)50-39/h1-25H/i8D,14D,15D,20D,22D,25D. The van der Waals surface area contributed by atoms with E-state index in [0.29, 0.717) is 22.8 Å². The summed E-state index contributed by atoms with van der Waals surface area (Å²) in [5.41, 5.74) is 2.43. The van der Waals surface area contributed by atoms with Crippen molar-refractivity contribution in [3.8, 4) is 45.3 Å². The summed E-state index contributed by atoms with van der Waals surface area (Å²) in [5.74, 6) is 0.726. The van der Waals surface area contributed by atoms with Gasteiger partial charge in [-0.25, -0.2) is 15.0 Å². The Bertz CT molecular complexity index is 3510. The van der Waals surface area contributed by atoms with Crippen LogP contribution in [-0.4, -0.2) is 15.0 Å². The Labute approximate surface area is 308 Å². The van der Waals surface area contributed by atoms with Gasteiger partial charge in [0.05, 0.1) is 8.22 Å². The van der Waals surface area contributed by atoms with Gasteiger partial charge in [0.25, 0.3) is 0 Å². The predicted octanol–water partition coefficient (Wildman–Crippen LogP) is 13.2. The highest BCUT2D eigenvalue weighted by Crippen LogP contribution is 2.42. The molecule has 0 unspecified atom stereocenters. The molecular weight excluding hydrogens is 663 g/mol. The summed E-state index contributed by atoms with van der Waals surface area (Å²) in [6.45, 7) is 0. The molecule has 0 saturated heterocycles. The van der Waals surface area contributed by atoms with E-state index in [2.05, 4.69) is 24.3 Å². The Hall–Kier alpha value is -6.21. The van der Waals surface area contributed by atoms with Gasteiger partial charge >= 0.3 is 0 Å². The highest BCUT2D eigenvalue weighted by molar-refractivity contribution is 7.26. The normalized spacial score (nSPS) is 13.6. The van der Waals surface area contributed by atoms with E-state index in [0.717, 1.165) is 45.9 Å². The lowest BCUT2D eigenvalue weighted by Gasteiger charge is -2.09. The fraction of sp³-hybridized carbons (Fsp3) is 0. The highest BCUT2D eigenvalue weighted by atomic mass is 32.1. The lowest BCUT2D eigenvalue weighted by molar-refractivity contribution is 0.670. The number of fused-ring (bicyclic) bond motifs is 9. The summed E-state index contributed by atoms with van der Waals surface area (Å²) in [6.07, 6.45) is 0. The van der Waals surface area contributed by atoms with Crippen molar-refractivity contribution in [2.45, 2.75) is 0 Å². The van der Waals surface area contributed by atoms with Crippen LogP contribution in [0.2, 0.25) is 0 Å². The van der Waals surface area contributed by atoms with Crippen LogP contribution in [-0.2, 0) is 0 Å². The zero-order valence-electron chi connectivity index (χ0n) is 32.5. The molecule has 11 rings (SSSR count). The largest absolute Gasteiger partial charge is 0.455 e. The maximum Gasteiger partial charge on any atom is 0.164 e. The van der Waals surface area contributed by atoms with E-state index in [1.807, 2.05) is 91.0 Å². The molecule has 11 aromatic rings. The Morgan fingerprint density at radius 1 is 0.471 bits per heavy atom. The smallest absolute Gasteiger partial charge is 0.164 e. The van der Waals surface area contributed by atoms with Crippen molar-refractivity contribution in [1.29, 1.82) is 0 Å². The highest BCUT2D eigenvalue weighted by Gasteiger charge is 2.19. The molecule has 4 heterocycles. The lowest BCUT2D eigenvalue weighted by atomic mass is 10.00. The maximum atomic E-state index is 9.59. The SMILES string of the molecule is [2H]c1c([2H])c([2H])c2c(oc3c([2H])c(-c4nc(-c5ccccc5)nc(-c5cccc6sc7ccccc7c56)n4)c([2H])c([2H])c32)c1-c1ccc2sc3ccccc3c2c1. The molecule has 0 radical (unpaired) electrons. The zero-order valence-corrected chi connectivity index (χ0v) is 28.2. The van der Waals surface area contributed by atoms with Crippen LogP contribution >= 0.6 is 22.7 Å². The van der Waals surface area contributed by atoms with Crippen molar-refractivity contribution in [1.82, 2.24) is 15.0 Å². The van der Waals surface area contributed by atoms with Gasteiger partial charge in [0.1, 0.15) is 11.2 Å². The quantitative estimate of drug-likeness (QED) is 0.184. The molecular formula is C45H25N3OS2. The van der Waals surface area contributed by atoms with Crippen molar-refractivity contribution in [3.63, 3.8) is 0 Å². The minimum atomic E-state index is -0.332. The first-order chi connectivity index (χ1) is 27.8. The molecule has 0 bridgehead atoms. The third-order valence-electron chi connectivity index (χ3n) is 9.26. The Balaban J connectivity index is 1.19. The lowest BCUT2D eigenvalue weighted by Crippen LogP contribution is -2.00.